The standard InChI is InChI=1S/C43H46N8O5S2/c1-48(2)25-26-56-35-15-12-32(13-16-35)38-11-7-6-8-33(38)30-49-21-23-50(24-22-49)34-14-18-39-41(28-34)45-31-46-43(39)47-58(54,55)37-17-19-40(42(29-37)51(52)53)44-20-27-57-36-9-4-3-5-10-36/h3-19,28-29,31,44H,20-27,30H2,1-2H3,(H,45,46,47). The van der Waals surface area contributed by atoms with Gasteiger partial charge < -0.3 is 19.9 Å². The van der Waals surface area contributed by atoms with E-state index >= 15 is 0 Å². The van der Waals surface area contributed by atoms with Crippen LogP contribution < -0.4 is 19.7 Å². The third-order valence-electron chi connectivity index (χ3n) is 9.88. The van der Waals surface area contributed by atoms with E-state index < -0.39 is 14.9 Å². The van der Waals surface area contributed by atoms with Gasteiger partial charge in [0.25, 0.3) is 15.7 Å². The van der Waals surface area contributed by atoms with Gasteiger partial charge in [0.05, 0.1) is 15.3 Å². The number of benzene rings is 5. The number of nitrogens with zero attached hydrogens (tertiary/aromatic N) is 6. The summed E-state index contributed by atoms with van der Waals surface area (Å²) in [7, 11) is -0.166. The fraction of sp³-hybridized carbons (Fsp3) is 0.256. The summed E-state index contributed by atoms with van der Waals surface area (Å²) in [6.07, 6.45) is 1.31. The van der Waals surface area contributed by atoms with Crippen molar-refractivity contribution in [1.82, 2.24) is 19.8 Å². The molecule has 2 N–H and O–H groups in total. The number of anilines is 3. The number of piperazine rings is 1. The SMILES string of the molecule is CN(C)CCOc1ccc(-c2ccccc2CN2CCN(c3ccc4c(NS(=O)(=O)c5ccc(NCCSc6ccccc6)c([N+](=O)[O-])c5)ncnc4c3)CC2)cc1. The van der Waals surface area contributed by atoms with Crippen LogP contribution in [0, 0.1) is 10.1 Å². The zero-order valence-electron chi connectivity index (χ0n) is 32.5. The Labute approximate surface area is 343 Å². The molecule has 1 fully saturated rings. The number of nitro benzene ring substituents is 1. The smallest absolute Gasteiger partial charge is 0.293 e. The van der Waals surface area contributed by atoms with Crippen molar-refractivity contribution in [3.8, 4) is 16.9 Å². The van der Waals surface area contributed by atoms with E-state index in [1.807, 2.05) is 74.8 Å². The molecule has 300 valence electrons. The molecule has 0 atom stereocenters. The molecule has 0 bridgehead atoms. The van der Waals surface area contributed by atoms with Gasteiger partial charge in [0.15, 0.2) is 5.82 Å². The number of nitrogens with one attached hydrogen (secondary N) is 2. The van der Waals surface area contributed by atoms with E-state index in [0.29, 0.717) is 29.8 Å². The van der Waals surface area contributed by atoms with Crippen LogP contribution >= 0.6 is 11.8 Å². The quantitative estimate of drug-likeness (QED) is 0.0408. The van der Waals surface area contributed by atoms with Crippen molar-refractivity contribution in [2.24, 2.45) is 0 Å². The number of hydrogen-bond acceptors (Lipinski definition) is 12. The number of likely N-dealkylation sites (N-methyl/N-ethyl adjacent to an activating group) is 1. The number of rotatable bonds is 17. The first-order valence-corrected chi connectivity index (χ1v) is 21.5. The maximum absolute atomic E-state index is 13.6. The molecule has 13 nitrogen and oxygen atoms in total. The molecule has 1 aromatic heterocycles. The lowest BCUT2D eigenvalue weighted by atomic mass is 9.99. The number of hydrogen-bond donors (Lipinski definition) is 2. The topological polar surface area (TPSA) is 146 Å². The van der Waals surface area contributed by atoms with Crippen LogP contribution in [0.1, 0.15) is 5.56 Å². The van der Waals surface area contributed by atoms with Gasteiger partial charge in [-0.25, -0.2) is 18.4 Å². The highest BCUT2D eigenvalue weighted by atomic mass is 32.2. The second-order valence-electron chi connectivity index (χ2n) is 14.2. The molecule has 1 aliphatic heterocycles. The number of nitro groups is 1. The van der Waals surface area contributed by atoms with E-state index in [-0.39, 0.29) is 22.1 Å². The van der Waals surface area contributed by atoms with Gasteiger partial charge in [-0.1, -0.05) is 54.6 Å². The van der Waals surface area contributed by atoms with Crippen LogP contribution in [0.25, 0.3) is 22.0 Å². The number of sulfonamides is 1. The third-order valence-corrected chi connectivity index (χ3v) is 12.2. The van der Waals surface area contributed by atoms with Crippen molar-refractivity contribution in [2.75, 3.05) is 80.7 Å². The first-order chi connectivity index (χ1) is 28.1. The van der Waals surface area contributed by atoms with Gasteiger partial charge in [-0.3, -0.25) is 19.7 Å². The van der Waals surface area contributed by atoms with Gasteiger partial charge in [-0.15, -0.1) is 11.8 Å². The van der Waals surface area contributed by atoms with E-state index in [1.165, 1.54) is 29.6 Å². The van der Waals surface area contributed by atoms with Crippen LogP contribution in [-0.2, 0) is 16.6 Å². The van der Waals surface area contributed by atoms with Crippen LogP contribution in [0.5, 0.6) is 5.75 Å². The zero-order valence-corrected chi connectivity index (χ0v) is 34.1. The third kappa shape index (κ3) is 10.2. The minimum atomic E-state index is -4.23. The second-order valence-corrected chi connectivity index (χ2v) is 17.0. The fourth-order valence-corrected chi connectivity index (χ4v) is 8.62. The van der Waals surface area contributed by atoms with Crippen molar-refractivity contribution in [3.05, 3.63) is 137 Å². The largest absolute Gasteiger partial charge is 0.492 e. The van der Waals surface area contributed by atoms with Crippen molar-refractivity contribution in [1.29, 1.82) is 0 Å². The lowest BCUT2D eigenvalue weighted by molar-refractivity contribution is -0.384. The molecule has 1 saturated heterocycles. The predicted molar refractivity (Wildman–Crippen MR) is 233 cm³/mol. The minimum absolute atomic E-state index is 0.0920. The van der Waals surface area contributed by atoms with Crippen molar-refractivity contribution in [2.45, 2.75) is 16.3 Å². The van der Waals surface area contributed by atoms with Crippen LogP contribution in [0.15, 0.2) is 131 Å². The number of fused-ring (bicyclic) bond motifs is 1. The molecule has 1 aliphatic rings. The Hall–Kier alpha value is -5.74. The van der Waals surface area contributed by atoms with E-state index in [4.69, 9.17) is 4.74 Å². The Bertz CT molecular complexity index is 2450. The average molecular weight is 819 g/mol. The van der Waals surface area contributed by atoms with Gasteiger partial charge in [0, 0.05) is 73.6 Å². The van der Waals surface area contributed by atoms with Gasteiger partial charge in [0.1, 0.15) is 24.4 Å². The summed E-state index contributed by atoms with van der Waals surface area (Å²) in [6.45, 7) is 6.15. The molecular formula is C43H46N8O5S2. The summed E-state index contributed by atoms with van der Waals surface area (Å²) in [5, 5.41) is 15.6. The molecule has 15 heteroatoms. The van der Waals surface area contributed by atoms with Crippen molar-refractivity contribution < 1.29 is 18.1 Å². The molecule has 0 saturated carbocycles. The molecule has 0 radical (unpaired) electrons. The zero-order chi connectivity index (χ0) is 40.5. The maximum Gasteiger partial charge on any atom is 0.293 e. The van der Waals surface area contributed by atoms with Crippen LogP contribution in [-0.4, -0.2) is 98.8 Å². The maximum atomic E-state index is 13.6. The number of ether oxygens (including phenoxy) is 1. The lowest BCUT2D eigenvalue weighted by Gasteiger charge is -2.36. The van der Waals surface area contributed by atoms with Crippen LogP contribution in [0.4, 0.5) is 22.9 Å². The molecule has 0 amide bonds. The predicted octanol–water partition coefficient (Wildman–Crippen LogP) is 7.47. The van der Waals surface area contributed by atoms with Gasteiger partial charge in [-0.2, -0.15) is 0 Å². The molecule has 5 aromatic carbocycles. The highest BCUT2D eigenvalue weighted by Crippen LogP contribution is 2.32. The van der Waals surface area contributed by atoms with E-state index in [2.05, 4.69) is 71.1 Å². The Morgan fingerprint density at radius 2 is 1.64 bits per heavy atom. The molecule has 0 unspecified atom stereocenters. The molecule has 0 spiro atoms. The first-order valence-electron chi connectivity index (χ1n) is 19.0. The molecule has 7 rings (SSSR count). The van der Waals surface area contributed by atoms with Crippen LogP contribution in [0.3, 0.4) is 0 Å². The highest BCUT2D eigenvalue weighted by molar-refractivity contribution is 7.99. The van der Waals surface area contributed by atoms with E-state index in [1.54, 1.807) is 11.8 Å². The molecule has 2 heterocycles. The van der Waals surface area contributed by atoms with E-state index in [9.17, 15) is 18.5 Å². The molecule has 0 aliphatic carbocycles. The van der Waals surface area contributed by atoms with Crippen LogP contribution in [0.2, 0.25) is 0 Å². The first kappa shape index (κ1) is 40.5. The van der Waals surface area contributed by atoms with Crippen molar-refractivity contribution >= 4 is 55.6 Å². The van der Waals surface area contributed by atoms with Gasteiger partial charge in [0.2, 0.25) is 0 Å². The monoisotopic (exact) mass is 818 g/mol. The second kappa shape index (κ2) is 18.7. The molecular weight excluding hydrogens is 773 g/mol. The summed E-state index contributed by atoms with van der Waals surface area (Å²) in [4.78, 5) is 27.8. The summed E-state index contributed by atoms with van der Waals surface area (Å²) >= 11 is 1.62. The Morgan fingerprint density at radius 3 is 2.40 bits per heavy atom. The highest BCUT2D eigenvalue weighted by Gasteiger charge is 2.24. The van der Waals surface area contributed by atoms with E-state index in [0.717, 1.165) is 67.2 Å². The normalized spacial score (nSPS) is 13.5. The minimum Gasteiger partial charge on any atom is -0.492 e. The number of thioether (sulfide) groups is 1. The molecule has 6 aromatic rings. The summed E-state index contributed by atoms with van der Waals surface area (Å²) in [5.41, 5.74) is 5.11. The summed E-state index contributed by atoms with van der Waals surface area (Å²) in [5.74, 6) is 1.63. The average Bonchev–Trinajstić information content (AvgIpc) is 3.23. The van der Waals surface area contributed by atoms with Gasteiger partial charge >= 0.3 is 0 Å². The molecule has 58 heavy (non-hydrogen) atoms. The van der Waals surface area contributed by atoms with Crippen molar-refractivity contribution in [3.63, 3.8) is 0 Å². The Balaban J connectivity index is 0.969. The summed E-state index contributed by atoms with van der Waals surface area (Å²) in [6, 6.07) is 36.2. The summed E-state index contributed by atoms with van der Waals surface area (Å²) < 4.78 is 35.5. The van der Waals surface area contributed by atoms with Gasteiger partial charge in [-0.05, 0) is 85.4 Å². The Morgan fingerprint density at radius 1 is 0.879 bits per heavy atom. The fourth-order valence-electron chi connectivity index (χ4n) is 6.78. The lowest BCUT2D eigenvalue weighted by Crippen LogP contribution is -2.46. The number of aromatic nitrogens is 2. The Kier molecular flexibility index (Phi) is 13.0.